The van der Waals surface area contributed by atoms with Crippen LogP contribution in [-0.2, 0) is 36.1 Å². The molecule has 2 aromatic rings. The summed E-state index contributed by atoms with van der Waals surface area (Å²) >= 11 is 6.49. The standard InChI is InChI=1S/C25H30ClF3N4O/c1-15(2)17-10-16(26)11-20-22(17)24(13-30-14-24)23(34)33(20)12-21-31-18-6-3-4-7-19(18)32(21)9-5-8-25(27,28)29/h10-11,15,30H,3-9,12-14H2,1-2H3. The molecule has 3 heterocycles. The van der Waals surface area contributed by atoms with Gasteiger partial charge in [0.05, 0.1) is 17.9 Å². The smallest absolute Gasteiger partial charge is 0.330 e. The number of hydrogen-bond donors (Lipinski definition) is 1. The topological polar surface area (TPSA) is 50.2 Å². The Labute approximate surface area is 202 Å². The minimum atomic E-state index is -4.18. The maximum atomic E-state index is 13.8. The number of carbonyl (C=O) groups excluding carboxylic acids is 1. The maximum Gasteiger partial charge on any atom is 0.389 e. The summed E-state index contributed by atoms with van der Waals surface area (Å²) in [5.41, 5.74) is 4.32. The highest BCUT2D eigenvalue weighted by Crippen LogP contribution is 2.49. The molecule has 2 aliphatic heterocycles. The first kappa shape index (κ1) is 23.7. The monoisotopic (exact) mass is 494 g/mol. The molecule has 0 saturated carbocycles. The quantitative estimate of drug-likeness (QED) is 0.595. The zero-order valence-corrected chi connectivity index (χ0v) is 20.3. The van der Waals surface area contributed by atoms with Crippen molar-refractivity contribution in [2.24, 2.45) is 0 Å². The Kier molecular flexibility index (Phi) is 5.96. The molecule has 0 bridgehead atoms. The first-order valence-corrected chi connectivity index (χ1v) is 12.5. The molecule has 0 radical (unpaired) electrons. The molecule has 1 spiro atoms. The van der Waals surface area contributed by atoms with Crippen molar-refractivity contribution in [1.82, 2.24) is 14.9 Å². The molecule has 0 atom stereocenters. The second kappa shape index (κ2) is 8.55. The number of aromatic nitrogens is 2. The van der Waals surface area contributed by atoms with Gasteiger partial charge in [0.2, 0.25) is 5.91 Å². The third-order valence-corrected chi connectivity index (χ3v) is 7.68. The van der Waals surface area contributed by atoms with E-state index in [-0.39, 0.29) is 31.3 Å². The molecule has 3 aliphatic rings. The number of aryl methyl sites for hydroxylation is 1. The van der Waals surface area contributed by atoms with Crippen LogP contribution in [0.3, 0.4) is 0 Å². The second-order valence-corrected chi connectivity index (χ2v) is 10.6. The predicted octanol–water partition coefficient (Wildman–Crippen LogP) is 5.27. The van der Waals surface area contributed by atoms with Crippen molar-refractivity contribution in [1.29, 1.82) is 0 Å². The molecule has 5 rings (SSSR count). The van der Waals surface area contributed by atoms with E-state index < -0.39 is 18.0 Å². The zero-order valence-electron chi connectivity index (χ0n) is 19.6. The number of benzene rings is 1. The van der Waals surface area contributed by atoms with Crippen molar-refractivity contribution in [3.8, 4) is 0 Å². The van der Waals surface area contributed by atoms with Crippen molar-refractivity contribution in [2.45, 2.75) is 83.0 Å². The lowest BCUT2D eigenvalue weighted by atomic mass is 9.73. The van der Waals surface area contributed by atoms with Gasteiger partial charge in [0.25, 0.3) is 0 Å². The van der Waals surface area contributed by atoms with Crippen LogP contribution in [-0.4, -0.2) is 34.7 Å². The molecule has 0 unspecified atom stereocenters. The minimum absolute atomic E-state index is 0.00101. The van der Waals surface area contributed by atoms with Crippen LogP contribution in [0.1, 0.15) is 73.8 Å². The summed E-state index contributed by atoms with van der Waals surface area (Å²) in [6, 6.07) is 3.81. The highest BCUT2D eigenvalue weighted by atomic mass is 35.5. The van der Waals surface area contributed by atoms with E-state index in [1.54, 1.807) is 4.90 Å². The summed E-state index contributed by atoms with van der Waals surface area (Å²) in [5.74, 6) is 0.895. The number of amides is 1. The van der Waals surface area contributed by atoms with Gasteiger partial charge in [0, 0.05) is 36.8 Å². The van der Waals surface area contributed by atoms with Crippen LogP contribution < -0.4 is 10.2 Å². The Bertz CT molecular complexity index is 1120. The summed E-state index contributed by atoms with van der Waals surface area (Å²) in [6.45, 7) is 5.84. The molecule has 1 amide bonds. The molecular weight excluding hydrogens is 465 g/mol. The molecule has 1 N–H and O–H groups in total. The van der Waals surface area contributed by atoms with E-state index >= 15 is 0 Å². The molecule has 34 heavy (non-hydrogen) atoms. The molecule has 1 aromatic heterocycles. The van der Waals surface area contributed by atoms with Crippen molar-refractivity contribution in [2.75, 3.05) is 18.0 Å². The molecule has 5 nitrogen and oxygen atoms in total. The molecule has 1 aromatic carbocycles. The number of imidazole rings is 1. The summed E-state index contributed by atoms with van der Waals surface area (Å²) in [6.07, 6.45) is -1.33. The van der Waals surface area contributed by atoms with E-state index in [9.17, 15) is 18.0 Å². The fourth-order valence-electron chi connectivity index (χ4n) is 5.76. The Morgan fingerprint density at radius 1 is 1.21 bits per heavy atom. The van der Waals surface area contributed by atoms with Crippen LogP contribution in [0.15, 0.2) is 12.1 Å². The lowest BCUT2D eigenvalue weighted by Gasteiger charge is -2.39. The highest BCUT2D eigenvalue weighted by molar-refractivity contribution is 6.31. The number of halogens is 4. The summed E-state index contributed by atoms with van der Waals surface area (Å²) in [4.78, 5) is 20.4. The molecular formula is C25H30ClF3N4O. The Hall–Kier alpha value is -2.06. The van der Waals surface area contributed by atoms with Gasteiger partial charge < -0.3 is 14.8 Å². The van der Waals surface area contributed by atoms with Crippen LogP contribution in [0.2, 0.25) is 5.02 Å². The van der Waals surface area contributed by atoms with E-state index in [1.165, 1.54) is 0 Å². The van der Waals surface area contributed by atoms with Gasteiger partial charge in [-0.2, -0.15) is 13.2 Å². The van der Waals surface area contributed by atoms with Gasteiger partial charge in [-0.3, -0.25) is 4.79 Å². The summed E-state index contributed by atoms with van der Waals surface area (Å²) in [5, 5.41) is 3.85. The van der Waals surface area contributed by atoms with Crippen LogP contribution in [0.25, 0.3) is 0 Å². The molecule has 184 valence electrons. The van der Waals surface area contributed by atoms with Crippen molar-refractivity contribution >= 4 is 23.2 Å². The van der Waals surface area contributed by atoms with Crippen LogP contribution in [0, 0.1) is 0 Å². The number of fused-ring (bicyclic) bond motifs is 3. The Morgan fingerprint density at radius 3 is 2.59 bits per heavy atom. The average Bonchev–Trinajstić information content (AvgIpc) is 3.19. The SMILES string of the molecule is CC(C)c1cc(Cl)cc2c1C1(CNC1)C(=O)N2Cc1nc2c(n1CCCC(F)(F)F)CCCC2. The molecule has 1 aliphatic carbocycles. The first-order valence-electron chi connectivity index (χ1n) is 12.1. The highest BCUT2D eigenvalue weighted by Gasteiger charge is 2.56. The Morgan fingerprint density at radius 2 is 1.94 bits per heavy atom. The normalized spacial score (nSPS) is 19.0. The average molecular weight is 495 g/mol. The fourth-order valence-corrected chi connectivity index (χ4v) is 5.98. The van der Waals surface area contributed by atoms with E-state index in [4.69, 9.17) is 16.6 Å². The second-order valence-electron chi connectivity index (χ2n) is 10.1. The summed E-state index contributed by atoms with van der Waals surface area (Å²) in [7, 11) is 0. The van der Waals surface area contributed by atoms with Crippen molar-refractivity contribution in [3.05, 3.63) is 45.5 Å². The fraction of sp³-hybridized carbons (Fsp3) is 0.600. The van der Waals surface area contributed by atoms with Crippen LogP contribution >= 0.6 is 11.6 Å². The van der Waals surface area contributed by atoms with Gasteiger partial charge in [0.15, 0.2) is 0 Å². The lowest BCUT2D eigenvalue weighted by molar-refractivity contribution is -0.136. The van der Waals surface area contributed by atoms with E-state index in [1.807, 2.05) is 16.7 Å². The van der Waals surface area contributed by atoms with Crippen molar-refractivity contribution < 1.29 is 18.0 Å². The molecule has 1 fully saturated rings. The number of alkyl halides is 3. The van der Waals surface area contributed by atoms with E-state index in [0.717, 1.165) is 53.9 Å². The van der Waals surface area contributed by atoms with E-state index in [2.05, 4.69) is 19.2 Å². The Balaban J connectivity index is 1.53. The number of nitrogens with one attached hydrogen (secondary N) is 1. The number of nitrogens with zero attached hydrogens (tertiary/aromatic N) is 3. The number of hydrogen-bond acceptors (Lipinski definition) is 3. The first-order chi connectivity index (χ1) is 16.1. The van der Waals surface area contributed by atoms with Crippen LogP contribution in [0.4, 0.5) is 18.9 Å². The predicted molar refractivity (Wildman–Crippen MR) is 125 cm³/mol. The number of carbonyl (C=O) groups is 1. The lowest BCUT2D eigenvalue weighted by Crippen LogP contribution is -2.62. The minimum Gasteiger partial charge on any atom is -0.330 e. The summed E-state index contributed by atoms with van der Waals surface area (Å²) < 4.78 is 40.5. The molecule has 9 heteroatoms. The molecule has 1 saturated heterocycles. The maximum absolute atomic E-state index is 13.8. The van der Waals surface area contributed by atoms with Gasteiger partial charge in [-0.1, -0.05) is 25.4 Å². The van der Waals surface area contributed by atoms with E-state index in [0.29, 0.717) is 23.9 Å². The van der Waals surface area contributed by atoms with Crippen molar-refractivity contribution in [3.63, 3.8) is 0 Å². The van der Waals surface area contributed by atoms with Gasteiger partial charge in [-0.25, -0.2) is 4.98 Å². The largest absolute Gasteiger partial charge is 0.389 e. The zero-order chi connectivity index (χ0) is 24.3. The third-order valence-electron chi connectivity index (χ3n) is 7.47. The number of anilines is 1. The van der Waals surface area contributed by atoms with Gasteiger partial charge in [-0.15, -0.1) is 0 Å². The third kappa shape index (κ3) is 3.92. The van der Waals surface area contributed by atoms with Gasteiger partial charge >= 0.3 is 6.18 Å². The number of rotatable bonds is 6. The van der Waals surface area contributed by atoms with Gasteiger partial charge in [0.1, 0.15) is 11.2 Å². The van der Waals surface area contributed by atoms with Crippen LogP contribution in [0.5, 0.6) is 0 Å². The van der Waals surface area contributed by atoms with Gasteiger partial charge in [-0.05, 0) is 61.3 Å².